The van der Waals surface area contributed by atoms with E-state index in [-0.39, 0.29) is 5.92 Å². The molecule has 2 aromatic rings. The third kappa shape index (κ3) is 2.19. The van der Waals surface area contributed by atoms with Crippen LogP contribution in [0.2, 0.25) is 0 Å². The van der Waals surface area contributed by atoms with E-state index in [0.29, 0.717) is 5.78 Å². The van der Waals surface area contributed by atoms with E-state index >= 15 is 0 Å². The fraction of sp³-hybridized carbons (Fsp3) is 0.438. The molecular weight excluding hydrogens is 236 g/mol. The summed E-state index contributed by atoms with van der Waals surface area (Å²) in [7, 11) is 6.45. The molecule has 19 heavy (non-hydrogen) atoms. The first-order valence-electron chi connectivity index (χ1n) is 6.90. The van der Waals surface area contributed by atoms with Gasteiger partial charge in [0.15, 0.2) is 5.78 Å². The van der Waals surface area contributed by atoms with Gasteiger partial charge in [-0.25, -0.2) is 0 Å². The van der Waals surface area contributed by atoms with Crippen molar-refractivity contribution in [3.05, 3.63) is 35.5 Å². The molecule has 1 aliphatic rings. The number of carbonyl (C=O) groups is 1. The lowest BCUT2D eigenvalue weighted by atomic mass is 9.84. The number of fused-ring (bicyclic) bond motifs is 3. The minimum absolute atomic E-state index is 0.159. The van der Waals surface area contributed by atoms with Crippen LogP contribution in [0.25, 0.3) is 10.9 Å². The van der Waals surface area contributed by atoms with Gasteiger partial charge in [-0.15, -0.1) is 0 Å². The molecule has 1 unspecified atom stereocenters. The molecule has 1 atom stereocenters. The minimum atomic E-state index is 0.159. The van der Waals surface area contributed by atoms with Crippen molar-refractivity contribution in [3.8, 4) is 0 Å². The number of nitrogens with zero attached hydrogens (tertiary/aromatic N) is 1. The Hall–Kier alpha value is -1.61. The fourth-order valence-corrected chi connectivity index (χ4v) is 3.16. The zero-order valence-electron chi connectivity index (χ0n) is 11.9. The van der Waals surface area contributed by atoms with Crippen LogP contribution >= 0.6 is 0 Å². The Morgan fingerprint density at radius 1 is 1.26 bits per heavy atom. The van der Waals surface area contributed by atoms with Gasteiger partial charge in [0, 0.05) is 22.2 Å². The van der Waals surface area contributed by atoms with Crippen LogP contribution in [0.15, 0.2) is 24.3 Å². The zero-order chi connectivity index (χ0) is 13.6. The number of hydrogen-bond acceptors (Lipinski definition) is 1. The molecule has 3 heteroatoms. The number of aryl methyl sites for hydroxylation is 1. The van der Waals surface area contributed by atoms with Crippen molar-refractivity contribution >= 4 is 16.7 Å². The summed E-state index contributed by atoms with van der Waals surface area (Å²) >= 11 is 0. The lowest BCUT2D eigenvalue weighted by Gasteiger charge is -2.30. The van der Waals surface area contributed by atoms with Crippen LogP contribution in [0.1, 0.15) is 22.5 Å². The first kappa shape index (κ1) is 12.4. The van der Waals surface area contributed by atoms with E-state index in [1.54, 1.807) is 0 Å². The normalized spacial score (nSPS) is 19.7. The summed E-state index contributed by atoms with van der Waals surface area (Å²) in [5, 5.41) is 1.09. The topological polar surface area (TPSA) is 32.9 Å². The van der Waals surface area contributed by atoms with Gasteiger partial charge in [0.1, 0.15) is 0 Å². The molecule has 3 nitrogen and oxygen atoms in total. The van der Waals surface area contributed by atoms with Crippen molar-refractivity contribution < 1.29 is 9.28 Å². The number of benzene rings is 1. The highest BCUT2D eigenvalue weighted by molar-refractivity contribution is 6.11. The number of nitrogens with one attached hydrogen (secondary N) is 1. The summed E-state index contributed by atoms with van der Waals surface area (Å²) < 4.78 is 0.841. The van der Waals surface area contributed by atoms with Gasteiger partial charge in [0.25, 0.3) is 0 Å². The summed E-state index contributed by atoms with van der Waals surface area (Å²) in [5.41, 5.74) is 3.16. The average Bonchev–Trinajstić information content (AvgIpc) is 2.70. The van der Waals surface area contributed by atoms with Crippen molar-refractivity contribution in [3.63, 3.8) is 0 Å². The summed E-state index contributed by atoms with van der Waals surface area (Å²) in [6, 6.07) is 8.12. The second-order valence-corrected chi connectivity index (χ2v) is 6.60. The second kappa shape index (κ2) is 4.20. The number of Topliss-reactive ketones (excluding diaryl/α,β-unsaturated/α-hetero) is 1. The number of para-hydroxylation sites is 1. The SMILES string of the molecule is C[N+](C)(C)CC1CCc2[nH]c3ccccc3c2C1=O. The predicted octanol–water partition coefficient (Wildman–Crippen LogP) is 2.62. The van der Waals surface area contributed by atoms with Gasteiger partial charge in [-0.1, -0.05) is 18.2 Å². The Morgan fingerprint density at radius 2 is 2.00 bits per heavy atom. The first-order valence-corrected chi connectivity index (χ1v) is 6.90. The largest absolute Gasteiger partial charge is 0.358 e. The molecule has 0 saturated carbocycles. The van der Waals surface area contributed by atoms with E-state index in [1.807, 2.05) is 12.1 Å². The molecule has 3 rings (SSSR count). The Kier molecular flexibility index (Phi) is 2.75. The highest BCUT2D eigenvalue weighted by Gasteiger charge is 2.33. The van der Waals surface area contributed by atoms with Crippen LogP contribution in [0.4, 0.5) is 0 Å². The standard InChI is InChI=1S/C16H20N2O/c1-18(2,3)10-11-8-9-14-15(16(11)19)12-6-4-5-7-13(12)17-14/h4-7,11H,8-10H2,1-3H3/p+1. The molecule has 0 radical (unpaired) electrons. The molecule has 1 aliphatic carbocycles. The molecule has 1 aromatic heterocycles. The monoisotopic (exact) mass is 257 g/mol. The number of aromatic nitrogens is 1. The molecule has 1 N–H and O–H groups in total. The fourth-order valence-electron chi connectivity index (χ4n) is 3.16. The highest BCUT2D eigenvalue weighted by atomic mass is 16.1. The first-order chi connectivity index (χ1) is 8.96. The van der Waals surface area contributed by atoms with Crippen molar-refractivity contribution in [2.75, 3.05) is 27.7 Å². The van der Waals surface area contributed by atoms with Crippen molar-refractivity contribution in [1.82, 2.24) is 4.98 Å². The molecular formula is C16H21N2O+. The van der Waals surface area contributed by atoms with E-state index in [0.717, 1.165) is 46.0 Å². The third-order valence-electron chi connectivity index (χ3n) is 3.91. The van der Waals surface area contributed by atoms with Crippen LogP contribution in [0.3, 0.4) is 0 Å². The number of H-pyrrole nitrogens is 1. The van der Waals surface area contributed by atoms with Gasteiger partial charge in [0.2, 0.25) is 0 Å². The summed E-state index contributed by atoms with van der Waals surface area (Å²) in [5.74, 6) is 0.485. The summed E-state index contributed by atoms with van der Waals surface area (Å²) in [6.07, 6.45) is 1.95. The van der Waals surface area contributed by atoms with Gasteiger partial charge < -0.3 is 9.47 Å². The van der Waals surface area contributed by atoms with Crippen molar-refractivity contribution in [2.45, 2.75) is 12.8 Å². The zero-order valence-corrected chi connectivity index (χ0v) is 11.9. The smallest absolute Gasteiger partial charge is 0.174 e. The van der Waals surface area contributed by atoms with Gasteiger partial charge in [-0.3, -0.25) is 4.79 Å². The Bertz CT molecular complexity index is 634. The number of aromatic amines is 1. The van der Waals surface area contributed by atoms with Crippen molar-refractivity contribution in [2.24, 2.45) is 5.92 Å². The number of quaternary nitrogens is 1. The molecule has 0 spiro atoms. The maximum atomic E-state index is 12.7. The van der Waals surface area contributed by atoms with Gasteiger partial charge >= 0.3 is 0 Å². The lowest BCUT2D eigenvalue weighted by Crippen LogP contribution is -2.42. The average molecular weight is 257 g/mol. The number of carbonyl (C=O) groups excluding carboxylic acids is 1. The van der Waals surface area contributed by atoms with E-state index < -0.39 is 0 Å². The molecule has 0 fully saturated rings. The summed E-state index contributed by atoms with van der Waals surface area (Å²) in [6.45, 7) is 0.914. The van der Waals surface area contributed by atoms with E-state index in [9.17, 15) is 4.79 Å². The van der Waals surface area contributed by atoms with Gasteiger partial charge in [-0.2, -0.15) is 0 Å². The number of rotatable bonds is 2. The Balaban J connectivity index is 2.03. The van der Waals surface area contributed by atoms with Crippen LogP contribution in [0.5, 0.6) is 0 Å². The predicted molar refractivity (Wildman–Crippen MR) is 77.3 cm³/mol. The number of ketones is 1. The quantitative estimate of drug-likeness (QED) is 0.824. The Labute approximate surface area is 113 Å². The van der Waals surface area contributed by atoms with E-state index in [2.05, 4.69) is 38.3 Å². The van der Waals surface area contributed by atoms with Gasteiger partial charge in [0.05, 0.1) is 33.6 Å². The molecule has 1 heterocycles. The lowest BCUT2D eigenvalue weighted by molar-refractivity contribution is -0.872. The van der Waals surface area contributed by atoms with Gasteiger partial charge in [-0.05, 0) is 18.9 Å². The maximum absolute atomic E-state index is 12.7. The minimum Gasteiger partial charge on any atom is -0.358 e. The van der Waals surface area contributed by atoms with Crippen LogP contribution < -0.4 is 0 Å². The van der Waals surface area contributed by atoms with Crippen LogP contribution in [0, 0.1) is 5.92 Å². The maximum Gasteiger partial charge on any atom is 0.174 e. The molecule has 0 aliphatic heterocycles. The van der Waals surface area contributed by atoms with Crippen molar-refractivity contribution in [1.29, 1.82) is 0 Å². The van der Waals surface area contributed by atoms with E-state index in [4.69, 9.17) is 0 Å². The molecule has 1 aromatic carbocycles. The molecule has 0 saturated heterocycles. The Morgan fingerprint density at radius 3 is 2.74 bits per heavy atom. The molecule has 0 amide bonds. The molecule has 0 bridgehead atoms. The highest BCUT2D eigenvalue weighted by Crippen LogP contribution is 2.32. The van der Waals surface area contributed by atoms with Crippen LogP contribution in [-0.4, -0.2) is 42.9 Å². The second-order valence-electron chi connectivity index (χ2n) is 6.60. The third-order valence-corrected chi connectivity index (χ3v) is 3.91. The van der Waals surface area contributed by atoms with Crippen LogP contribution in [-0.2, 0) is 6.42 Å². The molecule has 100 valence electrons. The summed E-state index contributed by atoms with van der Waals surface area (Å²) in [4.78, 5) is 16.1. The number of hydrogen-bond donors (Lipinski definition) is 1. The van der Waals surface area contributed by atoms with E-state index in [1.165, 1.54) is 0 Å².